The fraction of sp³-hybridized carbons (Fsp3) is 0.500. The molecule has 0 radical (unpaired) electrons. The van der Waals surface area contributed by atoms with Gasteiger partial charge in [-0.1, -0.05) is 50.1 Å². The molecule has 0 N–H and O–H groups in total. The molecule has 28 heavy (non-hydrogen) atoms. The van der Waals surface area contributed by atoms with Gasteiger partial charge in [-0.15, -0.1) is 0 Å². The summed E-state index contributed by atoms with van der Waals surface area (Å²) in [5.74, 6) is 3.48. The maximum atomic E-state index is 6.23. The molecule has 0 amide bonds. The number of piperidine rings is 1. The first kappa shape index (κ1) is 19.1. The summed E-state index contributed by atoms with van der Waals surface area (Å²) < 4.78 is 17.1. The van der Waals surface area contributed by atoms with Gasteiger partial charge in [-0.2, -0.15) is 0 Å². The summed E-state index contributed by atoms with van der Waals surface area (Å²) in [5, 5.41) is 0. The van der Waals surface area contributed by atoms with Crippen molar-refractivity contribution in [3.05, 3.63) is 54.1 Å². The predicted octanol–water partition coefficient (Wildman–Crippen LogP) is 5.09. The van der Waals surface area contributed by atoms with Crippen LogP contribution in [-0.2, 0) is 0 Å². The number of likely N-dealkylation sites (tertiary alicyclic amines) is 1. The molecule has 0 bridgehead atoms. The number of unbranched alkanes of at least 4 members (excludes halogenated alkanes) is 2. The smallest absolute Gasteiger partial charge is 0.231 e. The Morgan fingerprint density at radius 2 is 1.89 bits per heavy atom. The standard InChI is InChI=1S/C24H31NO3/c1-2-3-7-13-25-14-12-22(19-8-5-4-6-9-19)20(16-25)17-26-21-10-11-23-24(15-21)28-18-27-23/h4-6,8-11,15,20,22H,2-3,7,12-14,16-18H2,1H3/t20-,22-/m0/s1. The maximum Gasteiger partial charge on any atom is 0.231 e. The number of hydrogen-bond donors (Lipinski definition) is 0. The van der Waals surface area contributed by atoms with E-state index < -0.39 is 0 Å². The van der Waals surface area contributed by atoms with E-state index in [0.717, 1.165) is 30.4 Å². The Hall–Kier alpha value is -2.20. The van der Waals surface area contributed by atoms with Gasteiger partial charge >= 0.3 is 0 Å². The van der Waals surface area contributed by atoms with Gasteiger partial charge in [0.25, 0.3) is 0 Å². The van der Waals surface area contributed by atoms with Crippen LogP contribution in [-0.4, -0.2) is 37.9 Å². The van der Waals surface area contributed by atoms with Crippen molar-refractivity contribution in [2.24, 2.45) is 5.92 Å². The van der Waals surface area contributed by atoms with Gasteiger partial charge in [0.15, 0.2) is 11.5 Å². The van der Waals surface area contributed by atoms with E-state index in [1.54, 1.807) is 0 Å². The normalized spacial score (nSPS) is 21.6. The average molecular weight is 382 g/mol. The van der Waals surface area contributed by atoms with Crippen LogP contribution in [0.3, 0.4) is 0 Å². The molecule has 4 nitrogen and oxygen atoms in total. The van der Waals surface area contributed by atoms with Gasteiger partial charge in [-0.25, -0.2) is 0 Å². The lowest BCUT2D eigenvalue weighted by Crippen LogP contribution is -2.42. The molecule has 2 aliphatic heterocycles. The molecule has 1 saturated heterocycles. The van der Waals surface area contributed by atoms with Crippen LogP contribution >= 0.6 is 0 Å². The van der Waals surface area contributed by atoms with Crippen LogP contribution in [0.25, 0.3) is 0 Å². The summed E-state index contributed by atoms with van der Waals surface area (Å²) in [7, 11) is 0. The van der Waals surface area contributed by atoms with Crippen LogP contribution in [0.5, 0.6) is 17.2 Å². The first-order valence-electron chi connectivity index (χ1n) is 10.6. The van der Waals surface area contributed by atoms with E-state index in [-0.39, 0.29) is 0 Å². The first-order valence-corrected chi connectivity index (χ1v) is 10.6. The Kier molecular flexibility index (Phi) is 6.38. The number of benzene rings is 2. The number of nitrogens with zero attached hydrogens (tertiary/aromatic N) is 1. The van der Waals surface area contributed by atoms with E-state index >= 15 is 0 Å². The SMILES string of the molecule is CCCCCN1CC[C@@H](c2ccccc2)[C@H](COc2ccc3c(c2)OCO3)C1. The number of ether oxygens (including phenoxy) is 3. The number of hydrogen-bond acceptors (Lipinski definition) is 4. The summed E-state index contributed by atoms with van der Waals surface area (Å²) in [6, 6.07) is 16.8. The third-order valence-corrected chi connectivity index (χ3v) is 5.93. The second-order valence-corrected chi connectivity index (χ2v) is 7.90. The van der Waals surface area contributed by atoms with E-state index in [1.165, 1.54) is 44.3 Å². The molecular formula is C24H31NO3. The Morgan fingerprint density at radius 1 is 1.04 bits per heavy atom. The van der Waals surface area contributed by atoms with Crippen LogP contribution in [0, 0.1) is 5.92 Å². The van der Waals surface area contributed by atoms with Gasteiger partial charge < -0.3 is 19.1 Å². The van der Waals surface area contributed by atoms with Gasteiger partial charge in [0.1, 0.15) is 5.75 Å². The van der Waals surface area contributed by atoms with Gasteiger partial charge in [0.05, 0.1) is 6.61 Å². The van der Waals surface area contributed by atoms with Gasteiger partial charge in [0.2, 0.25) is 6.79 Å². The van der Waals surface area contributed by atoms with E-state index in [9.17, 15) is 0 Å². The molecule has 0 aliphatic carbocycles. The molecule has 0 saturated carbocycles. The van der Waals surface area contributed by atoms with Crippen molar-refractivity contribution >= 4 is 0 Å². The molecule has 1 fully saturated rings. The summed E-state index contributed by atoms with van der Waals surface area (Å²) >= 11 is 0. The van der Waals surface area contributed by atoms with Crippen LogP contribution in [0.15, 0.2) is 48.5 Å². The molecule has 2 aromatic carbocycles. The van der Waals surface area contributed by atoms with Crippen molar-refractivity contribution in [3.8, 4) is 17.2 Å². The predicted molar refractivity (Wildman–Crippen MR) is 111 cm³/mol. The highest BCUT2D eigenvalue weighted by Gasteiger charge is 2.30. The van der Waals surface area contributed by atoms with E-state index in [1.807, 2.05) is 18.2 Å². The quantitative estimate of drug-likeness (QED) is 0.596. The average Bonchev–Trinajstić information content (AvgIpc) is 3.21. The zero-order valence-electron chi connectivity index (χ0n) is 16.8. The lowest BCUT2D eigenvalue weighted by atomic mass is 9.81. The second-order valence-electron chi connectivity index (χ2n) is 7.90. The van der Waals surface area contributed by atoms with E-state index in [0.29, 0.717) is 18.6 Å². The Bertz CT molecular complexity index is 749. The molecule has 2 aliphatic rings. The Labute approximate surface area is 168 Å². The lowest BCUT2D eigenvalue weighted by Gasteiger charge is -2.39. The van der Waals surface area contributed by atoms with Crippen LogP contribution < -0.4 is 14.2 Å². The molecule has 4 heteroatoms. The zero-order valence-corrected chi connectivity index (χ0v) is 16.8. The Balaban J connectivity index is 1.42. The fourth-order valence-electron chi connectivity index (χ4n) is 4.37. The van der Waals surface area contributed by atoms with Gasteiger partial charge in [-0.05, 0) is 49.5 Å². The number of fused-ring (bicyclic) bond motifs is 1. The van der Waals surface area contributed by atoms with Crippen molar-refractivity contribution in [1.82, 2.24) is 4.90 Å². The molecule has 2 heterocycles. The minimum absolute atomic E-state index is 0.296. The van der Waals surface area contributed by atoms with Crippen LogP contribution in [0.2, 0.25) is 0 Å². The van der Waals surface area contributed by atoms with Crippen molar-refractivity contribution in [2.75, 3.05) is 33.0 Å². The Morgan fingerprint density at radius 3 is 2.75 bits per heavy atom. The second kappa shape index (κ2) is 9.33. The van der Waals surface area contributed by atoms with Gasteiger partial charge in [0, 0.05) is 18.5 Å². The summed E-state index contributed by atoms with van der Waals surface area (Å²) in [4.78, 5) is 2.63. The fourth-order valence-corrected chi connectivity index (χ4v) is 4.37. The highest BCUT2D eigenvalue weighted by Crippen LogP contribution is 2.37. The van der Waals surface area contributed by atoms with E-state index in [4.69, 9.17) is 14.2 Å². The largest absolute Gasteiger partial charge is 0.493 e. The molecule has 4 rings (SSSR count). The number of rotatable bonds is 8. The summed E-state index contributed by atoms with van der Waals surface area (Å²) in [6.45, 7) is 6.78. The molecule has 150 valence electrons. The highest BCUT2D eigenvalue weighted by atomic mass is 16.7. The van der Waals surface area contributed by atoms with Crippen molar-refractivity contribution in [3.63, 3.8) is 0 Å². The maximum absolute atomic E-state index is 6.23. The molecule has 0 aromatic heterocycles. The van der Waals surface area contributed by atoms with Crippen molar-refractivity contribution in [1.29, 1.82) is 0 Å². The third-order valence-electron chi connectivity index (χ3n) is 5.93. The summed E-state index contributed by atoms with van der Waals surface area (Å²) in [5.41, 5.74) is 1.44. The molecule has 2 aromatic rings. The molecule has 0 spiro atoms. The van der Waals surface area contributed by atoms with Gasteiger partial charge in [-0.3, -0.25) is 0 Å². The first-order chi connectivity index (χ1) is 13.8. The van der Waals surface area contributed by atoms with E-state index in [2.05, 4.69) is 42.2 Å². The highest BCUT2D eigenvalue weighted by molar-refractivity contribution is 5.46. The topological polar surface area (TPSA) is 30.9 Å². The third kappa shape index (κ3) is 4.61. The molecular weight excluding hydrogens is 350 g/mol. The zero-order chi connectivity index (χ0) is 19.2. The van der Waals surface area contributed by atoms with Crippen LogP contribution in [0.4, 0.5) is 0 Å². The monoisotopic (exact) mass is 381 g/mol. The minimum atomic E-state index is 0.296. The lowest BCUT2D eigenvalue weighted by molar-refractivity contribution is 0.109. The molecule has 0 unspecified atom stereocenters. The summed E-state index contributed by atoms with van der Waals surface area (Å²) in [6.07, 6.45) is 5.08. The van der Waals surface area contributed by atoms with Crippen molar-refractivity contribution < 1.29 is 14.2 Å². The minimum Gasteiger partial charge on any atom is -0.493 e. The van der Waals surface area contributed by atoms with Crippen LogP contribution in [0.1, 0.15) is 44.1 Å². The molecule has 2 atom stereocenters. The van der Waals surface area contributed by atoms with Crippen molar-refractivity contribution in [2.45, 2.75) is 38.5 Å².